The van der Waals surface area contributed by atoms with E-state index in [0.717, 1.165) is 17.8 Å². The smallest absolute Gasteiger partial charge is 0.282 e. The summed E-state index contributed by atoms with van der Waals surface area (Å²) in [6.45, 7) is 2.08. The van der Waals surface area contributed by atoms with Gasteiger partial charge in [-0.05, 0) is 6.42 Å². The van der Waals surface area contributed by atoms with Gasteiger partial charge in [-0.2, -0.15) is 5.10 Å². The molecule has 0 saturated carbocycles. The van der Waals surface area contributed by atoms with E-state index in [1.54, 1.807) is 18.8 Å². The Labute approximate surface area is 185 Å². The summed E-state index contributed by atoms with van der Waals surface area (Å²) >= 11 is 2.93. The van der Waals surface area contributed by atoms with Crippen LogP contribution in [0.25, 0.3) is 22.8 Å². The fourth-order valence-electron chi connectivity index (χ4n) is 2.78. The predicted molar refractivity (Wildman–Crippen MR) is 114 cm³/mol. The molecule has 31 heavy (non-hydrogen) atoms. The molecular formula is C19H19F2N7OS2. The molecule has 8 nitrogen and oxygen atoms in total. The van der Waals surface area contributed by atoms with Gasteiger partial charge < -0.3 is 4.42 Å². The number of hydrogen-bond acceptors (Lipinski definition) is 8. The van der Waals surface area contributed by atoms with E-state index in [2.05, 4.69) is 37.4 Å². The van der Waals surface area contributed by atoms with Gasteiger partial charge in [-0.15, -0.1) is 15.3 Å². The summed E-state index contributed by atoms with van der Waals surface area (Å²) in [6, 6.07) is 9.79. The van der Waals surface area contributed by atoms with Crippen molar-refractivity contribution in [1.29, 1.82) is 0 Å². The number of nitrogens with one attached hydrogen (secondary N) is 1. The van der Waals surface area contributed by atoms with Crippen molar-refractivity contribution in [3.8, 4) is 22.8 Å². The van der Waals surface area contributed by atoms with Crippen LogP contribution in [0.15, 0.2) is 51.3 Å². The molecule has 0 saturated heterocycles. The van der Waals surface area contributed by atoms with Crippen molar-refractivity contribution >= 4 is 23.5 Å². The second kappa shape index (κ2) is 9.60. The average Bonchev–Trinajstić information content (AvgIpc) is 3.51. The Hall–Kier alpha value is -2.73. The number of rotatable bonds is 9. The van der Waals surface area contributed by atoms with E-state index in [-0.39, 0.29) is 22.4 Å². The monoisotopic (exact) mass is 463 g/mol. The first-order valence-corrected chi connectivity index (χ1v) is 11.3. The molecule has 0 aliphatic rings. The maximum Gasteiger partial charge on any atom is 0.282 e. The maximum atomic E-state index is 13.2. The molecule has 12 heteroatoms. The van der Waals surface area contributed by atoms with Gasteiger partial charge in [0.1, 0.15) is 5.69 Å². The minimum atomic E-state index is -2.72. The van der Waals surface area contributed by atoms with Crippen molar-refractivity contribution in [2.45, 2.75) is 35.4 Å². The number of H-pyrrole nitrogens is 1. The fourth-order valence-corrected chi connectivity index (χ4v) is 4.77. The topological polar surface area (TPSA) is 98.3 Å². The van der Waals surface area contributed by atoms with E-state index >= 15 is 0 Å². The lowest BCUT2D eigenvalue weighted by Gasteiger charge is -2.09. The number of halogens is 2. The fraction of sp³-hybridized carbons (Fsp3) is 0.316. The molecule has 0 fully saturated rings. The molecule has 1 aromatic carbocycles. The van der Waals surface area contributed by atoms with E-state index < -0.39 is 6.43 Å². The molecule has 0 amide bonds. The molecular weight excluding hydrogens is 444 g/mol. The number of nitrogens with zero attached hydrogens (tertiary/aromatic N) is 6. The highest BCUT2D eigenvalue weighted by Gasteiger charge is 2.23. The van der Waals surface area contributed by atoms with E-state index in [1.807, 2.05) is 30.3 Å². The number of aromatic amines is 1. The molecule has 0 aliphatic carbocycles. The normalized spacial score (nSPS) is 12.5. The van der Waals surface area contributed by atoms with Crippen molar-refractivity contribution in [1.82, 2.24) is 35.2 Å². The Kier molecular flexibility index (Phi) is 6.66. The van der Waals surface area contributed by atoms with Crippen molar-refractivity contribution in [3.05, 3.63) is 42.2 Å². The molecule has 0 spiro atoms. The van der Waals surface area contributed by atoms with Crippen molar-refractivity contribution in [3.63, 3.8) is 0 Å². The van der Waals surface area contributed by atoms with Crippen LogP contribution in [0, 0.1) is 0 Å². The van der Waals surface area contributed by atoms with E-state index in [0.29, 0.717) is 16.1 Å². The van der Waals surface area contributed by atoms with Gasteiger partial charge in [0.2, 0.25) is 5.16 Å². The molecule has 0 radical (unpaired) electrons. The summed E-state index contributed by atoms with van der Waals surface area (Å²) in [6.07, 6.45) is -0.393. The van der Waals surface area contributed by atoms with Crippen LogP contribution in [0.5, 0.6) is 0 Å². The molecule has 1 atom stereocenters. The van der Waals surface area contributed by atoms with Crippen LogP contribution in [0.2, 0.25) is 0 Å². The molecule has 162 valence electrons. The van der Waals surface area contributed by atoms with Crippen LogP contribution in [-0.2, 0) is 7.05 Å². The Morgan fingerprint density at radius 3 is 2.74 bits per heavy atom. The zero-order valence-electron chi connectivity index (χ0n) is 16.7. The Bertz CT molecular complexity index is 1130. The molecule has 1 unspecified atom stereocenters. The summed E-state index contributed by atoms with van der Waals surface area (Å²) < 4.78 is 33.2. The van der Waals surface area contributed by atoms with Gasteiger partial charge in [-0.3, -0.25) is 9.78 Å². The van der Waals surface area contributed by atoms with E-state index in [1.165, 1.54) is 22.6 Å². The van der Waals surface area contributed by atoms with Crippen LogP contribution in [0.4, 0.5) is 8.78 Å². The zero-order chi connectivity index (χ0) is 21.8. The minimum Gasteiger partial charge on any atom is -0.411 e. The average molecular weight is 464 g/mol. The summed E-state index contributed by atoms with van der Waals surface area (Å²) in [7, 11) is 1.57. The van der Waals surface area contributed by atoms with Crippen LogP contribution >= 0.6 is 23.5 Å². The van der Waals surface area contributed by atoms with Gasteiger partial charge >= 0.3 is 0 Å². The third-order valence-corrected chi connectivity index (χ3v) is 6.75. The predicted octanol–water partition coefficient (Wildman–Crippen LogP) is 4.86. The second-order valence-electron chi connectivity index (χ2n) is 6.57. The number of thioether (sulfide) groups is 2. The molecule has 3 heterocycles. The maximum absolute atomic E-state index is 13.2. The first-order valence-electron chi connectivity index (χ1n) is 9.46. The summed E-state index contributed by atoms with van der Waals surface area (Å²) in [4.78, 5) is 4.55. The summed E-state index contributed by atoms with van der Waals surface area (Å²) in [5, 5.41) is 20.1. The van der Waals surface area contributed by atoms with Crippen LogP contribution in [-0.4, -0.2) is 46.2 Å². The Balaban J connectivity index is 1.38. The van der Waals surface area contributed by atoms with Crippen LogP contribution < -0.4 is 0 Å². The standard InChI is InChI=1S/C19H19F2N7OS2/c1-3-12(31-18-22-16(23-25-18)11-7-5-4-6-8-11)10-30-19-26-24-17(29-19)13-9-28(2)27-14(13)15(20)21/h4-9,12,15H,3,10H2,1-2H3,(H,22,23,25). The quantitative estimate of drug-likeness (QED) is 0.352. The lowest BCUT2D eigenvalue weighted by Crippen LogP contribution is -2.04. The molecule has 1 N–H and O–H groups in total. The molecule has 3 aromatic heterocycles. The van der Waals surface area contributed by atoms with Gasteiger partial charge in [0, 0.05) is 29.8 Å². The number of aryl methyl sites for hydroxylation is 1. The first kappa shape index (κ1) is 21.5. The number of benzene rings is 1. The highest BCUT2D eigenvalue weighted by molar-refractivity contribution is 8.03. The van der Waals surface area contributed by atoms with Crippen molar-refractivity contribution in [2.24, 2.45) is 7.05 Å². The molecule has 0 bridgehead atoms. The number of hydrogen-bond donors (Lipinski definition) is 1. The summed E-state index contributed by atoms with van der Waals surface area (Å²) in [5.41, 5.74) is 0.747. The van der Waals surface area contributed by atoms with Gasteiger partial charge in [0.05, 0.1) is 5.56 Å². The Morgan fingerprint density at radius 1 is 1.19 bits per heavy atom. The van der Waals surface area contributed by atoms with E-state index in [4.69, 9.17) is 4.42 Å². The molecule has 4 aromatic rings. The van der Waals surface area contributed by atoms with Crippen molar-refractivity contribution < 1.29 is 13.2 Å². The molecule has 0 aliphatic heterocycles. The van der Waals surface area contributed by atoms with Gasteiger partial charge in [0.25, 0.3) is 17.5 Å². The highest BCUT2D eigenvalue weighted by atomic mass is 32.2. The van der Waals surface area contributed by atoms with Gasteiger partial charge in [-0.25, -0.2) is 13.8 Å². The third kappa shape index (κ3) is 5.13. The largest absolute Gasteiger partial charge is 0.411 e. The zero-order valence-corrected chi connectivity index (χ0v) is 18.3. The Morgan fingerprint density at radius 2 is 2.00 bits per heavy atom. The van der Waals surface area contributed by atoms with Crippen LogP contribution in [0.1, 0.15) is 25.5 Å². The van der Waals surface area contributed by atoms with Gasteiger partial charge in [-0.1, -0.05) is 60.8 Å². The van der Waals surface area contributed by atoms with E-state index in [9.17, 15) is 8.78 Å². The second-order valence-corrected chi connectivity index (χ2v) is 8.81. The number of alkyl halides is 2. The van der Waals surface area contributed by atoms with Crippen LogP contribution in [0.3, 0.4) is 0 Å². The third-order valence-electron chi connectivity index (χ3n) is 4.33. The van der Waals surface area contributed by atoms with Crippen molar-refractivity contribution in [2.75, 3.05) is 5.75 Å². The lowest BCUT2D eigenvalue weighted by atomic mass is 10.2. The molecule has 4 rings (SSSR count). The highest BCUT2D eigenvalue weighted by Crippen LogP contribution is 2.33. The SMILES string of the molecule is CCC(CSc1nnc(-c2cn(C)nc2C(F)F)o1)Sc1n[nH]c(-c2ccccc2)n1. The lowest BCUT2D eigenvalue weighted by molar-refractivity contribution is 0.145. The number of aromatic nitrogens is 7. The van der Waals surface area contributed by atoms with Gasteiger partial charge in [0.15, 0.2) is 5.82 Å². The first-order chi connectivity index (χ1) is 15.0. The summed E-state index contributed by atoms with van der Waals surface area (Å²) in [5.74, 6) is 1.43. The minimum absolute atomic E-state index is 0.0353.